The van der Waals surface area contributed by atoms with E-state index in [-0.39, 0.29) is 5.66 Å². The molecule has 1 atom stereocenters. The molecule has 5 nitrogen and oxygen atoms in total. The van der Waals surface area contributed by atoms with Crippen molar-refractivity contribution in [2.24, 2.45) is 0 Å². The number of rotatable bonds is 8. The second-order valence-electron chi connectivity index (χ2n) is 4.95. The molecule has 0 saturated carbocycles. The van der Waals surface area contributed by atoms with Gasteiger partial charge in [-0.1, -0.05) is 6.92 Å². The Bertz CT molecular complexity index is 657. The van der Waals surface area contributed by atoms with E-state index in [4.69, 9.17) is 13.8 Å². The summed E-state index contributed by atoms with van der Waals surface area (Å²) >= 11 is 0. The van der Waals surface area contributed by atoms with Gasteiger partial charge in [0.25, 0.3) is 0 Å². The summed E-state index contributed by atoms with van der Waals surface area (Å²) in [5.41, 5.74) is 1.63. The smallest absolute Gasteiger partial charge is 0.338 e. The number of fused-ring (bicyclic) bond motifs is 1. The lowest BCUT2D eigenvalue weighted by molar-refractivity contribution is 0.211. The second-order valence-corrected chi connectivity index (χ2v) is 7.17. The third kappa shape index (κ3) is 3.22. The summed E-state index contributed by atoms with van der Waals surface area (Å²) in [6, 6.07) is 5.80. The highest BCUT2D eigenvalue weighted by Gasteiger charge is 2.36. The third-order valence-electron chi connectivity index (χ3n) is 3.67. The molecule has 0 spiro atoms. The number of aromatic nitrogens is 1. The van der Waals surface area contributed by atoms with E-state index >= 15 is 0 Å². The van der Waals surface area contributed by atoms with Gasteiger partial charge >= 0.3 is 7.60 Å². The molecule has 0 radical (unpaired) electrons. The molecule has 0 bridgehead atoms. The predicted molar refractivity (Wildman–Crippen MR) is 88.7 cm³/mol. The molecule has 0 fully saturated rings. The number of hydrogen-bond acceptors (Lipinski definition) is 4. The van der Waals surface area contributed by atoms with E-state index in [9.17, 15) is 4.57 Å². The van der Waals surface area contributed by atoms with Gasteiger partial charge in [-0.05, 0) is 44.0 Å². The first kappa shape index (κ1) is 17.1. The number of methoxy groups -OCH3 is 1. The Morgan fingerprint density at radius 1 is 1.18 bits per heavy atom. The van der Waals surface area contributed by atoms with Crippen molar-refractivity contribution in [2.75, 3.05) is 20.3 Å². The van der Waals surface area contributed by atoms with Gasteiger partial charge in [-0.2, -0.15) is 0 Å². The van der Waals surface area contributed by atoms with Crippen molar-refractivity contribution in [1.82, 2.24) is 4.98 Å². The maximum atomic E-state index is 13.2. The SMILES string of the molecule is CCOP(=O)(OCC)C(CC)c1c[nH]c2ccc(OC)cc12. The number of hydrogen-bond donors (Lipinski definition) is 1. The van der Waals surface area contributed by atoms with Gasteiger partial charge < -0.3 is 18.8 Å². The predicted octanol–water partition coefficient (Wildman–Crippen LogP) is 4.89. The Morgan fingerprint density at radius 3 is 2.41 bits per heavy atom. The van der Waals surface area contributed by atoms with Crippen LogP contribution >= 0.6 is 7.60 Å². The van der Waals surface area contributed by atoms with Crippen molar-refractivity contribution in [1.29, 1.82) is 0 Å². The quantitative estimate of drug-likeness (QED) is 0.702. The lowest BCUT2D eigenvalue weighted by atomic mass is 10.1. The average molecular weight is 325 g/mol. The van der Waals surface area contributed by atoms with Crippen molar-refractivity contribution >= 4 is 18.5 Å². The van der Waals surface area contributed by atoms with Gasteiger partial charge in [0, 0.05) is 17.1 Å². The largest absolute Gasteiger partial charge is 0.497 e. The van der Waals surface area contributed by atoms with E-state index < -0.39 is 7.60 Å². The van der Waals surface area contributed by atoms with E-state index in [1.54, 1.807) is 7.11 Å². The average Bonchev–Trinajstić information content (AvgIpc) is 2.91. The highest BCUT2D eigenvalue weighted by Crippen LogP contribution is 2.63. The zero-order chi connectivity index (χ0) is 16.2. The molecule has 0 aliphatic rings. The Labute approximate surface area is 131 Å². The molecule has 1 aromatic heterocycles. The lowest BCUT2D eigenvalue weighted by Gasteiger charge is -2.25. The Balaban J connectivity index is 2.52. The van der Waals surface area contributed by atoms with E-state index in [0.717, 1.165) is 22.2 Å². The van der Waals surface area contributed by atoms with Crippen LogP contribution in [-0.4, -0.2) is 25.3 Å². The monoisotopic (exact) mass is 325 g/mol. The molecule has 2 rings (SSSR count). The van der Waals surface area contributed by atoms with E-state index in [2.05, 4.69) is 4.98 Å². The maximum Gasteiger partial charge on any atom is 0.338 e. The molecule has 0 amide bonds. The molecule has 0 aliphatic heterocycles. The molecular formula is C16H24NO4P. The van der Waals surface area contributed by atoms with Crippen molar-refractivity contribution in [3.05, 3.63) is 30.0 Å². The zero-order valence-electron chi connectivity index (χ0n) is 13.6. The normalized spacial score (nSPS) is 13.5. The number of H-pyrrole nitrogens is 1. The minimum Gasteiger partial charge on any atom is -0.497 e. The summed E-state index contributed by atoms with van der Waals surface area (Å²) in [5, 5.41) is 0.992. The summed E-state index contributed by atoms with van der Waals surface area (Å²) < 4.78 is 29.5. The van der Waals surface area contributed by atoms with Gasteiger partial charge in [0.1, 0.15) is 5.75 Å². The molecule has 1 N–H and O–H groups in total. The molecule has 0 aliphatic carbocycles. The topological polar surface area (TPSA) is 60.5 Å². The summed E-state index contributed by atoms with van der Waals surface area (Å²) in [6.45, 7) is 6.38. The van der Waals surface area contributed by atoms with Crippen LogP contribution in [0.5, 0.6) is 5.75 Å². The molecule has 122 valence electrons. The van der Waals surface area contributed by atoms with Crippen molar-refractivity contribution in [2.45, 2.75) is 32.9 Å². The van der Waals surface area contributed by atoms with Crippen LogP contribution < -0.4 is 4.74 Å². The fourth-order valence-corrected chi connectivity index (χ4v) is 4.87. The van der Waals surface area contributed by atoms with Crippen LogP contribution in [0.2, 0.25) is 0 Å². The molecule has 0 saturated heterocycles. The van der Waals surface area contributed by atoms with Crippen LogP contribution in [0.4, 0.5) is 0 Å². The van der Waals surface area contributed by atoms with Gasteiger partial charge in [0.15, 0.2) is 0 Å². The Kier molecular flexibility index (Phi) is 5.68. The molecule has 1 aromatic carbocycles. The van der Waals surface area contributed by atoms with Gasteiger partial charge in [0.05, 0.1) is 26.0 Å². The zero-order valence-corrected chi connectivity index (χ0v) is 14.5. The minimum absolute atomic E-state index is 0.298. The molecule has 6 heteroatoms. The van der Waals surface area contributed by atoms with Gasteiger partial charge in [0.2, 0.25) is 0 Å². The summed E-state index contributed by atoms with van der Waals surface area (Å²) in [6.07, 6.45) is 2.56. The molecule has 2 aromatic rings. The van der Waals surface area contributed by atoms with Crippen molar-refractivity contribution in [3.63, 3.8) is 0 Å². The van der Waals surface area contributed by atoms with E-state index in [1.807, 2.05) is 45.2 Å². The maximum absolute atomic E-state index is 13.2. The van der Waals surface area contributed by atoms with Crippen molar-refractivity contribution < 1.29 is 18.3 Å². The summed E-state index contributed by atoms with van der Waals surface area (Å²) in [5.74, 6) is 0.769. The van der Waals surface area contributed by atoms with Gasteiger partial charge in [-0.3, -0.25) is 4.57 Å². The first-order chi connectivity index (χ1) is 10.6. The summed E-state index contributed by atoms with van der Waals surface area (Å²) in [7, 11) is -1.57. The number of aromatic amines is 1. The van der Waals surface area contributed by atoms with E-state index in [0.29, 0.717) is 19.6 Å². The number of nitrogens with one attached hydrogen (secondary N) is 1. The first-order valence-corrected chi connectivity index (χ1v) is 9.24. The van der Waals surface area contributed by atoms with Gasteiger partial charge in [-0.15, -0.1) is 0 Å². The minimum atomic E-state index is -3.21. The molecule has 1 unspecified atom stereocenters. The van der Waals surface area contributed by atoms with Crippen LogP contribution in [0.1, 0.15) is 38.4 Å². The second kappa shape index (κ2) is 7.32. The van der Waals surface area contributed by atoms with Crippen LogP contribution in [0.3, 0.4) is 0 Å². The van der Waals surface area contributed by atoms with E-state index in [1.165, 1.54) is 0 Å². The standard InChI is InChI=1S/C16H24NO4P/c1-5-16(22(18,20-6-2)21-7-3)14-11-17-15-9-8-12(19-4)10-13(14)15/h8-11,16-17H,5-7H2,1-4H3. The summed E-state index contributed by atoms with van der Waals surface area (Å²) in [4.78, 5) is 3.22. The number of benzene rings is 1. The first-order valence-electron chi connectivity index (χ1n) is 7.63. The highest BCUT2D eigenvalue weighted by atomic mass is 31.2. The Hall–Kier alpha value is -1.29. The fourth-order valence-electron chi connectivity index (χ4n) is 2.71. The molecular weight excluding hydrogens is 301 g/mol. The molecule has 1 heterocycles. The van der Waals surface area contributed by atoms with Crippen LogP contribution in [0, 0.1) is 0 Å². The third-order valence-corrected chi connectivity index (χ3v) is 6.31. The van der Waals surface area contributed by atoms with Gasteiger partial charge in [-0.25, -0.2) is 0 Å². The highest BCUT2D eigenvalue weighted by molar-refractivity contribution is 7.54. The molecule has 22 heavy (non-hydrogen) atoms. The Morgan fingerprint density at radius 2 is 1.86 bits per heavy atom. The van der Waals surface area contributed by atoms with Crippen LogP contribution in [0.25, 0.3) is 10.9 Å². The number of ether oxygens (including phenoxy) is 1. The fraction of sp³-hybridized carbons (Fsp3) is 0.500. The van der Waals surface area contributed by atoms with Crippen LogP contribution in [0.15, 0.2) is 24.4 Å². The lowest BCUT2D eigenvalue weighted by Crippen LogP contribution is -2.06. The van der Waals surface area contributed by atoms with Crippen LogP contribution in [-0.2, 0) is 13.6 Å². The van der Waals surface area contributed by atoms with Crippen molar-refractivity contribution in [3.8, 4) is 5.75 Å².